The molecule has 0 spiro atoms. The van der Waals surface area contributed by atoms with Crippen molar-refractivity contribution in [3.8, 4) is 5.75 Å². The first kappa shape index (κ1) is 44.7. The van der Waals surface area contributed by atoms with Gasteiger partial charge in [0.05, 0.1) is 60.0 Å². The number of phenols is 1. The van der Waals surface area contributed by atoms with Gasteiger partial charge in [-0.05, 0) is 75.2 Å². The predicted octanol–water partition coefficient (Wildman–Crippen LogP) is 5.63. The van der Waals surface area contributed by atoms with Gasteiger partial charge in [-0.1, -0.05) is 87.9 Å². The van der Waals surface area contributed by atoms with Crippen molar-refractivity contribution >= 4 is 52.7 Å². The third-order valence-corrected chi connectivity index (χ3v) is 17.2. The standard InChI is InChI=1S/C47H58N3O9P/c1-28-31-25-26-32(40(52)35(31)41(53)36-34(28)42(54)38-39(50(2)3)43(55)37(46(48)58)45(57)47(38,59)44(36)56)49-33(51)24-18-10-8-6-5-7-9-11-19-27-60(4,29-20-14-12-15-21-29)30-22-16-13-17-23-30/h12-17,20-23,25-26,28,34,38-39,42,54,59H,5-11,18-19,24,27H2,1-4H3,(H5-,48,49,51,52,53,55,56,57,58)/p+1/t28-,34+,38+,39-,42-,47-/m0/s1. The van der Waals surface area contributed by atoms with E-state index in [1.807, 2.05) is 0 Å². The van der Waals surface area contributed by atoms with Crippen molar-refractivity contribution in [1.82, 2.24) is 4.90 Å². The highest BCUT2D eigenvalue weighted by Gasteiger charge is 2.68. The molecule has 1 saturated carbocycles. The fourth-order valence-electron chi connectivity index (χ4n) is 9.80. The summed E-state index contributed by atoms with van der Waals surface area (Å²) in [6, 6.07) is 23.4. The van der Waals surface area contributed by atoms with Crippen molar-refractivity contribution in [3.63, 3.8) is 0 Å². The third-order valence-electron chi connectivity index (χ3n) is 13.1. The Labute approximate surface area is 352 Å². The summed E-state index contributed by atoms with van der Waals surface area (Å²) in [4.78, 5) is 54.2. The number of Topliss-reactive ketones (excluding diaryl/α,β-unsaturated/α-hetero) is 2. The van der Waals surface area contributed by atoms with Crippen LogP contribution in [0.2, 0.25) is 0 Å². The number of aromatic hydroxyl groups is 1. The monoisotopic (exact) mass is 840 g/mol. The van der Waals surface area contributed by atoms with Gasteiger partial charge < -0.3 is 36.6 Å². The number of carbonyl (C=O) groups excluding carboxylic acids is 4. The highest BCUT2D eigenvalue weighted by Crippen LogP contribution is 2.57. The normalized spacial score (nSPS) is 23.9. The number of anilines is 1. The summed E-state index contributed by atoms with van der Waals surface area (Å²) in [5, 5.41) is 63.4. The lowest BCUT2D eigenvalue weighted by atomic mass is 9.54. The van der Waals surface area contributed by atoms with E-state index >= 15 is 0 Å². The zero-order valence-electron chi connectivity index (χ0n) is 34.9. The number of hydrogen-bond donors (Lipinski definition) is 7. The van der Waals surface area contributed by atoms with E-state index in [-0.39, 0.29) is 23.6 Å². The number of carbonyl (C=O) groups is 4. The summed E-state index contributed by atoms with van der Waals surface area (Å²) >= 11 is 0. The SMILES string of the molecule is C[C@H]1c2ccc(NC(=O)CCCCCCCCCCC[P+](C)(c3ccccc3)c3ccccc3)c(O)c2C(O)=C2C(=O)[C@]3(O)C(O)=C(C(N)=O)C(=O)[C@@H](N(C)C)[C@@H]3[C@@H](O)[C@@H]21. The smallest absolute Gasteiger partial charge is 0.255 e. The largest absolute Gasteiger partial charge is 0.508 e. The number of phenolic OH excluding ortho intramolecular Hbond substituents is 1. The molecule has 0 aromatic heterocycles. The fourth-order valence-corrected chi connectivity index (χ4v) is 13.1. The molecular formula is C47H59N3O9P+. The second kappa shape index (κ2) is 18.4. The van der Waals surface area contributed by atoms with Crippen LogP contribution in [-0.4, -0.2) is 98.5 Å². The molecule has 3 aliphatic rings. The number of ketones is 2. The number of nitrogens with one attached hydrogen (secondary N) is 1. The molecule has 1 fully saturated rings. The van der Waals surface area contributed by atoms with Crippen LogP contribution in [0.3, 0.4) is 0 Å². The first-order chi connectivity index (χ1) is 28.6. The lowest BCUT2D eigenvalue weighted by Crippen LogP contribution is -2.70. The van der Waals surface area contributed by atoms with Gasteiger partial charge in [-0.2, -0.15) is 0 Å². The summed E-state index contributed by atoms with van der Waals surface area (Å²) in [6.45, 7) is 4.11. The van der Waals surface area contributed by atoms with Crippen LogP contribution in [0, 0.1) is 11.8 Å². The molecule has 12 nitrogen and oxygen atoms in total. The van der Waals surface area contributed by atoms with Crippen LogP contribution < -0.4 is 21.7 Å². The second-order valence-electron chi connectivity index (χ2n) is 17.0. The molecule has 0 heterocycles. The Morgan fingerprint density at radius 3 is 1.88 bits per heavy atom. The van der Waals surface area contributed by atoms with E-state index in [1.165, 1.54) is 67.5 Å². The van der Waals surface area contributed by atoms with Gasteiger partial charge in [0, 0.05) is 17.9 Å². The third kappa shape index (κ3) is 8.15. The molecule has 2 amide bonds. The molecule has 13 heteroatoms. The topological polar surface area (TPSA) is 211 Å². The number of hydrogen-bond acceptors (Lipinski definition) is 10. The van der Waals surface area contributed by atoms with Crippen LogP contribution in [0.5, 0.6) is 5.75 Å². The fraction of sp³-hybridized carbons (Fsp3) is 0.447. The van der Waals surface area contributed by atoms with Gasteiger partial charge in [0.2, 0.25) is 11.7 Å². The minimum absolute atomic E-state index is 0.00150. The van der Waals surface area contributed by atoms with E-state index in [9.17, 15) is 44.7 Å². The Morgan fingerprint density at radius 2 is 1.35 bits per heavy atom. The molecule has 6 rings (SSSR count). The molecule has 0 radical (unpaired) electrons. The zero-order chi connectivity index (χ0) is 43.5. The Morgan fingerprint density at radius 1 is 0.817 bits per heavy atom. The van der Waals surface area contributed by atoms with E-state index < -0.39 is 88.7 Å². The number of benzene rings is 3. The van der Waals surface area contributed by atoms with Crippen molar-refractivity contribution in [2.45, 2.75) is 94.8 Å². The van der Waals surface area contributed by atoms with Crippen LogP contribution in [0.4, 0.5) is 5.69 Å². The van der Waals surface area contributed by atoms with E-state index in [2.05, 4.69) is 72.6 Å². The first-order valence-corrected chi connectivity index (χ1v) is 23.4. The number of rotatable bonds is 17. The number of fused-ring (bicyclic) bond motifs is 3. The molecule has 3 aromatic rings. The molecule has 320 valence electrons. The van der Waals surface area contributed by atoms with Gasteiger partial charge in [-0.3, -0.25) is 24.1 Å². The Bertz CT molecular complexity index is 2130. The van der Waals surface area contributed by atoms with E-state index in [1.54, 1.807) is 13.0 Å². The maximum absolute atomic E-state index is 14.2. The molecule has 60 heavy (non-hydrogen) atoms. The molecule has 0 aliphatic heterocycles. The predicted molar refractivity (Wildman–Crippen MR) is 235 cm³/mol. The van der Waals surface area contributed by atoms with Crippen molar-refractivity contribution in [3.05, 3.63) is 101 Å². The number of unbranched alkanes of at least 4 members (excludes halogenated alkanes) is 8. The van der Waals surface area contributed by atoms with Crippen LogP contribution in [0.15, 0.2) is 89.7 Å². The molecule has 8 N–H and O–H groups in total. The van der Waals surface area contributed by atoms with Crippen LogP contribution in [-0.2, 0) is 19.2 Å². The molecule has 3 aliphatic carbocycles. The number of aliphatic hydroxyl groups is 4. The van der Waals surface area contributed by atoms with E-state index in [0.29, 0.717) is 12.0 Å². The summed E-state index contributed by atoms with van der Waals surface area (Å²) in [5.74, 6) is -10.0. The Hall–Kier alpha value is -4.87. The number of amides is 2. The van der Waals surface area contributed by atoms with E-state index in [0.717, 1.165) is 25.7 Å². The average molecular weight is 841 g/mol. The van der Waals surface area contributed by atoms with Crippen molar-refractivity contribution in [1.29, 1.82) is 0 Å². The average Bonchev–Trinajstić information content (AvgIpc) is 3.22. The van der Waals surface area contributed by atoms with Gasteiger partial charge in [-0.15, -0.1) is 0 Å². The van der Waals surface area contributed by atoms with E-state index in [4.69, 9.17) is 5.73 Å². The highest BCUT2D eigenvalue weighted by molar-refractivity contribution is 7.88. The quantitative estimate of drug-likeness (QED) is 0.0385. The maximum Gasteiger partial charge on any atom is 0.255 e. The van der Waals surface area contributed by atoms with Gasteiger partial charge in [0.15, 0.2) is 11.4 Å². The second-order valence-corrected chi connectivity index (χ2v) is 20.9. The number of aliphatic hydroxyl groups excluding tert-OH is 3. The van der Waals surface area contributed by atoms with Crippen LogP contribution >= 0.6 is 7.26 Å². The summed E-state index contributed by atoms with van der Waals surface area (Å²) in [7, 11) is 1.47. The van der Waals surface area contributed by atoms with Crippen LogP contribution in [0.1, 0.15) is 88.2 Å². The minimum atomic E-state index is -3.00. The van der Waals surface area contributed by atoms with Crippen LogP contribution in [0.25, 0.3) is 5.76 Å². The Balaban J connectivity index is 1.01. The maximum atomic E-state index is 14.2. The van der Waals surface area contributed by atoms with Gasteiger partial charge >= 0.3 is 0 Å². The van der Waals surface area contributed by atoms with Crippen molar-refractivity contribution in [2.75, 3.05) is 32.2 Å². The van der Waals surface area contributed by atoms with Crippen molar-refractivity contribution in [2.24, 2.45) is 17.6 Å². The number of primary amides is 1. The lowest BCUT2D eigenvalue weighted by Gasteiger charge is -2.53. The molecule has 3 aromatic carbocycles. The molecule has 0 unspecified atom stereocenters. The number of likely N-dealkylation sites (N-methyl/N-ethyl adjacent to an activating group) is 1. The van der Waals surface area contributed by atoms with Gasteiger partial charge in [0.1, 0.15) is 22.8 Å². The van der Waals surface area contributed by atoms with Gasteiger partial charge in [0.25, 0.3) is 5.91 Å². The Kier molecular flexibility index (Phi) is 13.7. The number of nitrogens with two attached hydrogens (primary N) is 1. The molecule has 0 saturated heterocycles. The first-order valence-electron chi connectivity index (χ1n) is 21.0. The molecule has 6 atom stereocenters. The summed E-state index contributed by atoms with van der Waals surface area (Å²) < 4.78 is 0. The molecule has 0 bridgehead atoms. The lowest BCUT2D eigenvalue weighted by molar-refractivity contribution is -0.169. The number of nitrogens with zero attached hydrogens (tertiary/aromatic N) is 1. The highest BCUT2D eigenvalue weighted by atomic mass is 31.2. The summed E-state index contributed by atoms with van der Waals surface area (Å²) in [6.07, 6.45) is 9.28. The minimum Gasteiger partial charge on any atom is -0.508 e. The van der Waals surface area contributed by atoms with Crippen molar-refractivity contribution < 1.29 is 44.7 Å². The summed E-state index contributed by atoms with van der Waals surface area (Å²) in [5.41, 5.74) is 1.12. The van der Waals surface area contributed by atoms with Gasteiger partial charge in [-0.25, -0.2) is 0 Å². The molecular weight excluding hydrogens is 782 g/mol. The zero-order valence-corrected chi connectivity index (χ0v) is 35.8.